The van der Waals surface area contributed by atoms with E-state index in [2.05, 4.69) is 6.07 Å². The SMILES string of the molecule is Cc1cccc2c1[NH+]([O-])c1ccccc1C2.[Cl-]. The standard InChI is InChI=1S/C14H13NO.ClH/c1-10-5-4-7-12-9-11-6-2-3-8-13(11)15(16)14(10)12;/h2-8,15H,9H2,1H3;1H/p-1. The Morgan fingerprint density at radius 2 is 1.71 bits per heavy atom. The van der Waals surface area contributed by atoms with Crippen LogP contribution < -0.4 is 17.5 Å². The molecule has 1 atom stereocenters. The van der Waals surface area contributed by atoms with E-state index in [9.17, 15) is 5.21 Å². The fraction of sp³-hybridized carbons (Fsp3) is 0.143. The molecule has 1 aliphatic heterocycles. The summed E-state index contributed by atoms with van der Waals surface area (Å²) in [5, 5.41) is 12.5. The Bertz CT molecular complexity index is 554. The van der Waals surface area contributed by atoms with Crippen molar-refractivity contribution < 1.29 is 17.5 Å². The van der Waals surface area contributed by atoms with Gasteiger partial charge in [-0.25, -0.2) is 0 Å². The number of hydrogen-bond donors (Lipinski definition) is 1. The van der Waals surface area contributed by atoms with Crippen molar-refractivity contribution in [1.29, 1.82) is 0 Å². The first kappa shape index (κ1) is 12.1. The Morgan fingerprint density at radius 1 is 1.00 bits per heavy atom. The third-order valence-electron chi connectivity index (χ3n) is 3.23. The lowest BCUT2D eigenvalue weighted by Crippen LogP contribution is -3.00. The Hall–Kier alpha value is -1.35. The average molecular weight is 247 g/mol. The minimum absolute atomic E-state index is 0. The molecule has 0 radical (unpaired) electrons. The number of para-hydroxylation sites is 2. The molecule has 0 saturated carbocycles. The molecule has 0 spiro atoms. The predicted molar refractivity (Wildman–Crippen MR) is 64.1 cm³/mol. The number of aryl methyl sites for hydroxylation is 1. The molecule has 0 saturated heterocycles. The molecule has 17 heavy (non-hydrogen) atoms. The van der Waals surface area contributed by atoms with Crippen molar-refractivity contribution in [2.75, 3.05) is 0 Å². The van der Waals surface area contributed by atoms with E-state index in [0.29, 0.717) is 0 Å². The highest BCUT2D eigenvalue weighted by Crippen LogP contribution is 2.28. The van der Waals surface area contributed by atoms with E-state index in [0.717, 1.165) is 34.5 Å². The molecule has 88 valence electrons. The smallest absolute Gasteiger partial charge is 0.142 e. The van der Waals surface area contributed by atoms with Crippen molar-refractivity contribution in [2.45, 2.75) is 13.3 Å². The second-order valence-electron chi connectivity index (χ2n) is 4.27. The highest BCUT2D eigenvalue weighted by molar-refractivity contribution is 5.58. The van der Waals surface area contributed by atoms with Gasteiger partial charge < -0.3 is 22.7 Å². The van der Waals surface area contributed by atoms with Gasteiger partial charge in [-0.05, 0) is 6.92 Å². The van der Waals surface area contributed by atoms with Crippen molar-refractivity contribution in [1.82, 2.24) is 0 Å². The van der Waals surface area contributed by atoms with E-state index in [1.54, 1.807) is 0 Å². The Kier molecular flexibility index (Phi) is 3.20. The van der Waals surface area contributed by atoms with Crippen molar-refractivity contribution in [3.8, 4) is 0 Å². The Labute approximate surface area is 107 Å². The zero-order chi connectivity index (χ0) is 11.1. The van der Waals surface area contributed by atoms with Crippen LogP contribution in [-0.4, -0.2) is 0 Å². The van der Waals surface area contributed by atoms with Crippen LogP contribution in [0.1, 0.15) is 16.7 Å². The van der Waals surface area contributed by atoms with Gasteiger partial charge >= 0.3 is 0 Å². The molecule has 1 heterocycles. The summed E-state index contributed by atoms with van der Waals surface area (Å²) in [5.74, 6) is 0. The minimum Gasteiger partial charge on any atom is -1.00 e. The van der Waals surface area contributed by atoms with Gasteiger partial charge in [-0.1, -0.05) is 36.4 Å². The summed E-state index contributed by atoms with van der Waals surface area (Å²) in [6.07, 6.45) is 0.874. The van der Waals surface area contributed by atoms with E-state index in [4.69, 9.17) is 0 Å². The Balaban J connectivity index is 0.00000108. The maximum Gasteiger partial charge on any atom is 0.142 e. The molecule has 0 bridgehead atoms. The van der Waals surface area contributed by atoms with Crippen molar-refractivity contribution in [2.24, 2.45) is 0 Å². The van der Waals surface area contributed by atoms with E-state index < -0.39 is 0 Å². The molecule has 0 amide bonds. The van der Waals surface area contributed by atoms with Crippen molar-refractivity contribution in [3.63, 3.8) is 0 Å². The van der Waals surface area contributed by atoms with Gasteiger partial charge in [-0.15, -0.1) is 0 Å². The van der Waals surface area contributed by atoms with Crippen LogP contribution in [0.15, 0.2) is 42.5 Å². The fourth-order valence-corrected chi connectivity index (χ4v) is 2.44. The number of nitrogens with one attached hydrogen (secondary N) is 1. The monoisotopic (exact) mass is 246 g/mol. The van der Waals surface area contributed by atoms with Gasteiger partial charge in [-0.3, -0.25) is 0 Å². The largest absolute Gasteiger partial charge is 1.00 e. The summed E-state index contributed by atoms with van der Waals surface area (Å²) in [5.41, 5.74) is 5.15. The van der Waals surface area contributed by atoms with Gasteiger partial charge in [0.2, 0.25) is 0 Å². The second-order valence-corrected chi connectivity index (χ2v) is 4.27. The van der Waals surface area contributed by atoms with Gasteiger partial charge in [0, 0.05) is 29.2 Å². The third-order valence-corrected chi connectivity index (χ3v) is 3.23. The normalized spacial score (nSPS) is 16.7. The van der Waals surface area contributed by atoms with E-state index in [-0.39, 0.29) is 17.5 Å². The molecule has 0 aliphatic carbocycles. The summed E-state index contributed by atoms with van der Waals surface area (Å²) in [6.45, 7) is 2.00. The van der Waals surface area contributed by atoms with Crippen LogP contribution in [0.25, 0.3) is 0 Å². The molecule has 2 aromatic rings. The first-order valence-corrected chi connectivity index (χ1v) is 5.48. The molecule has 0 aromatic heterocycles. The molecule has 3 heteroatoms. The van der Waals surface area contributed by atoms with E-state index in [1.165, 1.54) is 0 Å². The van der Waals surface area contributed by atoms with Crippen LogP contribution in [0.3, 0.4) is 0 Å². The number of rotatable bonds is 0. The van der Waals surface area contributed by atoms with Crippen LogP contribution in [0.5, 0.6) is 0 Å². The molecule has 0 fully saturated rings. The summed E-state index contributed by atoms with van der Waals surface area (Å²) >= 11 is 0. The molecule has 3 rings (SSSR count). The maximum absolute atomic E-state index is 12.3. The fourth-order valence-electron chi connectivity index (χ4n) is 2.44. The van der Waals surface area contributed by atoms with Crippen LogP contribution in [0.4, 0.5) is 11.4 Å². The number of halogens is 1. The number of fused-ring (bicyclic) bond motifs is 2. The van der Waals surface area contributed by atoms with Gasteiger partial charge in [0.15, 0.2) is 0 Å². The van der Waals surface area contributed by atoms with Gasteiger partial charge in [0.25, 0.3) is 0 Å². The molecular weight excluding hydrogens is 234 g/mol. The second kappa shape index (κ2) is 4.49. The van der Waals surface area contributed by atoms with Crippen LogP contribution in [-0.2, 0) is 6.42 Å². The van der Waals surface area contributed by atoms with Gasteiger partial charge in [0.1, 0.15) is 11.4 Å². The first-order valence-electron chi connectivity index (χ1n) is 5.48. The molecular formula is C14H13ClNO-. The van der Waals surface area contributed by atoms with Crippen LogP contribution in [0, 0.1) is 12.1 Å². The molecule has 1 aliphatic rings. The lowest BCUT2D eigenvalue weighted by molar-refractivity contribution is -0.700. The van der Waals surface area contributed by atoms with Crippen LogP contribution in [0.2, 0.25) is 0 Å². The Morgan fingerprint density at radius 3 is 2.53 bits per heavy atom. The van der Waals surface area contributed by atoms with Crippen molar-refractivity contribution in [3.05, 3.63) is 64.4 Å². The molecule has 2 aromatic carbocycles. The maximum atomic E-state index is 12.3. The number of benzene rings is 2. The van der Waals surface area contributed by atoms with E-state index >= 15 is 0 Å². The summed E-state index contributed by atoms with van der Waals surface area (Å²) in [6, 6.07) is 14.0. The minimum atomic E-state index is 0. The van der Waals surface area contributed by atoms with Gasteiger partial charge in [0.05, 0.1) is 0 Å². The zero-order valence-corrected chi connectivity index (χ0v) is 10.3. The van der Waals surface area contributed by atoms with E-state index in [1.807, 2.05) is 43.3 Å². The van der Waals surface area contributed by atoms with Crippen LogP contribution >= 0.6 is 0 Å². The highest BCUT2D eigenvalue weighted by Gasteiger charge is 2.23. The number of hydrogen-bond acceptors (Lipinski definition) is 1. The summed E-state index contributed by atoms with van der Waals surface area (Å²) in [7, 11) is 0. The average Bonchev–Trinajstić information content (AvgIpc) is 2.29. The first-order chi connectivity index (χ1) is 7.77. The highest BCUT2D eigenvalue weighted by atomic mass is 35.5. The summed E-state index contributed by atoms with van der Waals surface area (Å²) < 4.78 is 0. The van der Waals surface area contributed by atoms with Crippen molar-refractivity contribution >= 4 is 11.4 Å². The lowest BCUT2D eigenvalue weighted by Gasteiger charge is -2.31. The zero-order valence-electron chi connectivity index (χ0n) is 9.53. The quantitative estimate of drug-likeness (QED) is 0.609. The third kappa shape index (κ3) is 1.84. The molecule has 2 nitrogen and oxygen atoms in total. The topological polar surface area (TPSA) is 27.5 Å². The van der Waals surface area contributed by atoms with Gasteiger partial charge in [-0.2, -0.15) is 0 Å². The molecule has 1 N–H and O–H groups in total. The predicted octanol–water partition coefficient (Wildman–Crippen LogP) is -0.751. The summed E-state index contributed by atoms with van der Waals surface area (Å²) in [4.78, 5) is 0. The molecule has 1 unspecified atom stereocenters. The number of quaternary nitrogens is 1. The lowest BCUT2D eigenvalue weighted by atomic mass is 9.95.